The van der Waals surface area contributed by atoms with E-state index >= 15 is 0 Å². The summed E-state index contributed by atoms with van der Waals surface area (Å²) in [5, 5.41) is 15.4. The van der Waals surface area contributed by atoms with Crippen molar-refractivity contribution in [2.45, 2.75) is 26.7 Å². The van der Waals surface area contributed by atoms with Gasteiger partial charge in [0, 0.05) is 34.2 Å². The number of benzene rings is 1. The van der Waals surface area contributed by atoms with Crippen LogP contribution in [0.15, 0.2) is 48.0 Å². The number of carboxylic acid groups (broad SMARTS) is 1. The number of hydrogen-bond acceptors (Lipinski definition) is 8. The minimum Gasteiger partial charge on any atom is -0.488 e. The lowest BCUT2D eigenvalue weighted by molar-refractivity contribution is 0.0697. The molecule has 0 spiro atoms. The van der Waals surface area contributed by atoms with Crippen LogP contribution in [0.4, 0.5) is 15.3 Å². The Morgan fingerprint density at radius 2 is 2.03 bits per heavy atom. The minimum absolute atomic E-state index is 0.0574. The van der Waals surface area contributed by atoms with Gasteiger partial charge in [-0.1, -0.05) is 19.9 Å². The zero-order chi connectivity index (χ0) is 26.4. The highest BCUT2D eigenvalue weighted by atomic mass is 32.1. The average molecular weight is 542 g/mol. The van der Waals surface area contributed by atoms with Gasteiger partial charge in [-0.3, -0.25) is 0 Å². The van der Waals surface area contributed by atoms with Gasteiger partial charge in [0.05, 0.1) is 12.3 Å². The summed E-state index contributed by atoms with van der Waals surface area (Å²) in [5.74, 6) is -0.713. The molecule has 7 nitrogen and oxygen atoms in total. The van der Waals surface area contributed by atoms with E-state index in [9.17, 15) is 14.3 Å². The fourth-order valence-electron chi connectivity index (χ4n) is 3.62. The molecule has 194 valence electrons. The number of nitrogens with zero attached hydrogens (tertiary/aromatic N) is 2. The number of aryl methyl sites for hydroxylation is 1. The number of nitrogens with one attached hydrogen (secondary N) is 1. The number of carboxylic acids is 1. The third kappa shape index (κ3) is 6.71. The van der Waals surface area contributed by atoms with E-state index in [1.165, 1.54) is 28.7 Å². The molecular formula is C27H28FN3O4S2. The van der Waals surface area contributed by atoms with Gasteiger partial charge in [0.25, 0.3) is 0 Å². The molecule has 0 radical (unpaired) electrons. The largest absolute Gasteiger partial charge is 0.488 e. The van der Waals surface area contributed by atoms with Gasteiger partial charge < -0.3 is 19.9 Å². The van der Waals surface area contributed by atoms with Crippen molar-refractivity contribution in [3.05, 3.63) is 64.2 Å². The molecule has 0 unspecified atom stereocenters. The van der Waals surface area contributed by atoms with E-state index in [4.69, 9.17) is 14.5 Å². The fraction of sp³-hybridized carbons (Fsp3) is 0.296. The summed E-state index contributed by atoms with van der Waals surface area (Å²) in [4.78, 5) is 23.2. The molecule has 0 fully saturated rings. The van der Waals surface area contributed by atoms with Crippen molar-refractivity contribution in [2.75, 3.05) is 25.6 Å². The number of aromatic nitrogens is 2. The molecular weight excluding hydrogens is 513 g/mol. The van der Waals surface area contributed by atoms with Crippen LogP contribution < -0.4 is 10.1 Å². The van der Waals surface area contributed by atoms with Crippen molar-refractivity contribution in [3.63, 3.8) is 0 Å². The maximum absolute atomic E-state index is 14.4. The highest BCUT2D eigenvalue weighted by Crippen LogP contribution is 2.37. The number of pyridine rings is 1. The number of hydrogen-bond donors (Lipinski definition) is 2. The lowest BCUT2D eigenvalue weighted by atomic mass is 10.0. The Labute approximate surface area is 223 Å². The van der Waals surface area contributed by atoms with Gasteiger partial charge in [-0.25, -0.2) is 19.2 Å². The van der Waals surface area contributed by atoms with E-state index in [0.717, 1.165) is 33.7 Å². The summed E-state index contributed by atoms with van der Waals surface area (Å²) in [7, 11) is 1.56. The van der Waals surface area contributed by atoms with Crippen molar-refractivity contribution in [3.8, 4) is 27.4 Å². The van der Waals surface area contributed by atoms with Crippen LogP contribution in [0.2, 0.25) is 0 Å². The number of thiazole rings is 1. The summed E-state index contributed by atoms with van der Waals surface area (Å²) in [6.45, 7) is 4.87. The molecule has 0 atom stereocenters. The first kappa shape index (κ1) is 26.7. The van der Waals surface area contributed by atoms with Crippen LogP contribution in [0, 0.1) is 11.7 Å². The molecule has 3 aromatic heterocycles. The standard InChI is InChI=1S/C27H28FN3O4S2/c1-16(2)6-9-23-24(17-7-8-20(28)21(14-17)35-11-10-34-3)30-27(37-23)31-25-19(26(32)33)13-18(15-29-25)22-5-4-12-36-22/h4-5,7-8,12-16H,6,9-11H2,1-3H3,(H,32,33)(H,29,30,31). The first-order chi connectivity index (χ1) is 17.9. The molecule has 0 saturated heterocycles. The molecule has 0 aliphatic heterocycles. The number of thiophene rings is 1. The summed E-state index contributed by atoms with van der Waals surface area (Å²) < 4.78 is 24.9. The lowest BCUT2D eigenvalue weighted by Crippen LogP contribution is -2.05. The highest BCUT2D eigenvalue weighted by Gasteiger charge is 2.19. The van der Waals surface area contributed by atoms with Crippen LogP contribution in [0.25, 0.3) is 21.7 Å². The first-order valence-electron chi connectivity index (χ1n) is 11.8. The van der Waals surface area contributed by atoms with E-state index in [1.807, 2.05) is 17.5 Å². The summed E-state index contributed by atoms with van der Waals surface area (Å²) in [6.07, 6.45) is 3.37. The van der Waals surface area contributed by atoms with Crippen molar-refractivity contribution >= 4 is 39.6 Å². The quantitative estimate of drug-likeness (QED) is 0.184. The third-order valence-electron chi connectivity index (χ3n) is 5.54. The lowest BCUT2D eigenvalue weighted by Gasteiger charge is -2.09. The molecule has 0 amide bonds. The number of rotatable bonds is 12. The zero-order valence-corrected chi connectivity index (χ0v) is 22.4. The number of aromatic carboxylic acids is 1. The van der Waals surface area contributed by atoms with Crippen LogP contribution in [0.3, 0.4) is 0 Å². The van der Waals surface area contributed by atoms with Crippen molar-refractivity contribution in [2.24, 2.45) is 5.92 Å². The van der Waals surface area contributed by atoms with Gasteiger partial charge in [-0.15, -0.1) is 22.7 Å². The Bertz CT molecular complexity index is 1360. The van der Waals surface area contributed by atoms with E-state index in [2.05, 4.69) is 24.1 Å². The maximum Gasteiger partial charge on any atom is 0.339 e. The van der Waals surface area contributed by atoms with Crippen LogP contribution in [0.5, 0.6) is 5.75 Å². The first-order valence-corrected chi connectivity index (χ1v) is 13.5. The Morgan fingerprint density at radius 1 is 1.19 bits per heavy atom. The second-order valence-corrected chi connectivity index (χ2v) is 10.8. The maximum atomic E-state index is 14.4. The van der Waals surface area contributed by atoms with E-state index < -0.39 is 11.8 Å². The summed E-state index contributed by atoms with van der Waals surface area (Å²) in [5.41, 5.74) is 2.22. The van der Waals surface area contributed by atoms with E-state index in [-0.39, 0.29) is 23.7 Å². The molecule has 0 saturated carbocycles. The normalized spacial score (nSPS) is 11.2. The Kier molecular flexibility index (Phi) is 8.86. The SMILES string of the molecule is COCCOc1cc(-c2nc(Nc3ncc(-c4cccs4)cc3C(=O)O)sc2CCC(C)C)ccc1F. The van der Waals surface area contributed by atoms with E-state index in [0.29, 0.717) is 23.4 Å². The summed E-state index contributed by atoms with van der Waals surface area (Å²) in [6, 6.07) is 10.1. The van der Waals surface area contributed by atoms with Gasteiger partial charge in [-0.05, 0) is 54.5 Å². The molecule has 3 heterocycles. The van der Waals surface area contributed by atoms with E-state index in [1.54, 1.807) is 31.5 Å². The van der Waals surface area contributed by atoms with Gasteiger partial charge in [0.15, 0.2) is 16.7 Å². The van der Waals surface area contributed by atoms with Crippen LogP contribution >= 0.6 is 22.7 Å². The molecule has 0 aliphatic rings. The Balaban J connectivity index is 1.67. The number of methoxy groups -OCH3 is 1. The van der Waals surface area contributed by atoms with Crippen LogP contribution in [-0.2, 0) is 11.2 Å². The molecule has 1 aromatic carbocycles. The zero-order valence-electron chi connectivity index (χ0n) is 20.8. The smallest absolute Gasteiger partial charge is 0.339 e. The van der Waals surface area contributed by atoms with Crippen molar-refractivity contribution < 1.29 is 23.8 Å². The van der Waals surface area contributed by atoms with Gasteiger partial charge in [-0.2, -0.15) is 0 Å². The van der Waals surface area contributed by atoms with Crippen LogP contribution in [-0.4, -0.2) is 41.4 Å². The second kappa shape index (κ2) is 12.3. The van der Waals surface area contributed by atoms with Gasteiger partial charge in [0.1, 0.15) is 18.0 Å². The minimum atomic E-state index is -1.08. The predicted octanol–water partition coefficient (Wildman–Crippen LogP) is 7.13. The number of carbonyl (C=O) groups is 1. The topological polar surface area (TPSA) is 93.6 Å². The number of anilines is 2. The fourth-order valence-corrected chi connectivity index (χ4v) is 5.33. The second-order valence-electron chi connectivity index (χ2n) is 8.74. The molecule has 0 bridgehead atoms. The third-order valence-corrected chi connectivity index (χ3v) is 7.49. The summed E-state index contributed by atoms with van der Waals surface area (Å²) >= 11 is 2.95. The Morgan fingerprint density at radius 3 is 2.73 bits per heavy atom. The average Bonchev–Trinajstić information content (AvgIpc) is 3.55. The molecule has 10 heteroatoms. The monoisotopic (exact) mass is 541 g/mol. The van der Waals surface area contributed by atoms with Gasteiger partial charge in [0.2, 0.25) is 0 Å². The molecule has 37 heavy (non-hydrogen) atoms. The van der Waals surface area contributed by atoms with Gasteiger partial charge >= 0.3 is 5.97 Å². The van der Waals surface area contributed by atoms with Crippen LogP contribution in [0.1, 0.15) is 35.5 Å². The Hall–Kier alpha value is -3.34. The van der Waals surface area contributed by atoms with Crippen molar-refractivity contribution in [1.82, 2.24) is 9.97 Å². The van der Waals surface area contributed by atoms with Crippen molar-refractivity contribution in [1.29, 1.82) is 0 Å². The molecule has 4 aromatic rings. The predicted molar refractivity (Wildman–Crippen MR) is 146 cm³/mol. The number of halogens is 1. The molecule has 0 aliphatic carbocycles. The number of ether oxygens (including phenoxy) is 2. The highest BCUT2D eigenvalue weighted by molar-refractivity contribution is 7.16. The molecule has 4 rings (SSSR count). The molecule has 2 N–H and O–H groups in total.